The quantitative estimate of drug-likeness (QED) is 0.0644. The topological polar surface area (TPSA) is 228 Å². The van der Waals surface area contributed by atoms with E-state index in [9.17, 15) is 28.8 Å². The SMILES string of the molecule is COCCOCC(COCCCNC(=O)CCN1C(=O)CC(SCCCCCCN(CCCCCCSC2CC(=O)N(CCC(=O)NCCCOCC(COCCOC)OCCOC)C2=O)C(C)(C)C)C1=O)OCCOC. The molecule has 0 aromatic carbocycles. The zero-order chi connectivity index (χ0) is 56.4. The van der Waals surface area contributed by atoms with Crippen molar-refractivity contribution in [3.63, 3.8) is 0 Å². The van der Waals surface area contributed by atoms with Gasteiger partial charge < -0.3 is 58.0 Å². The van der Waals surface area contributed by atoms with Gasteiger partial charge in [0.05, 0.1) is 89.8 Å². The summed E-state index contributed by atoms with van der Waals surface area (Å²) in [5, 5.41) is 4.93. The fraction of sp³-hybridized carbons (Fsp3) is 0.889. The van der Waals surface area contributed by atoms with Gasteiger partial charge in [-0.15, -0.1) is 23.5 Å². The van der Waals surface area contributed by atoms with Crippen molar-refractivity contribution in [3.05, 3.63) is 0 Å². The predicted molar refractivity (Wildman–Crippen MR) is 298 cm³/mol. The van der Waals surface area contributed by atoms with E-state index < -0.39 is 0 Å². The van der Waals surface area contributed by atoms with Crippen LogP contribution in [0, 0.1) is 0 Å². The summed E-state index contributed by atoms with van der Waals surface area (Å²) in [7, 11) is 6.46. The summed E-state index contributed by atoms with van der Waals surface area (Å²) in [5.74, 6) is 0.381. The van der Waals surface area contributed by atoms with Crippen LogP contribution in [-0.2, 0) is 76.1 Å². The Kier molecular flexibility index (Phi) is 41.4. The Morgan fingerprint density at radius 3 is 1.26 bits per heavy atom. The molecule has 0 aromatic rings. The van der Waals surface area contributed by atoms with Crippen molar-refractivity contribution >= 4 is 59.0 Å². The largest absolute Gasteiger partial charge is 0.382 e. The van der Waals surface area contributed by atoms with E-state index in [0.29, 0.717) is 118 Å². The number of carbonyl (C=O) groups is 6. The van der Waals surface area contributed by atoms with Gasteiger partial charge in [-0.25, -0.2) is 0 Å². The van der Waals surface area contributed by atoms with E-state index in [0.717, 1.165) is 76.0 Å². The van der Waals surface area contributed by atoms with Crippen molar-refractivity contribution < 1.29 is 76.1 Å². The molecule has 2 fully saturated rings. The molecule has 0 saturated carbocycles. The predicted octanol–water partition coefficient (Wildman–Crippen LogP) is 4.14. The third-order valence-electron chi connectivity index (χ3n) is 12.7. The molecule has 2 heterocycles. The molecule has 2 rings (SSSR count). The van der Waals surface area contributed by atoms with Gasteiger partial charge in [-0.1, -0.05) is 25.7 Å². The van der Waals surface area contributed by atoms with Crippen LogP contribution in [0.15, 0.2) is 0 Å². The standard InChI is InChI=1S/C54H99N5O16S2/c1-54(2,3)57(22-12-8-10-14-36-76-46-38-50(62)58(52(46)64)24-18-48(60)55-20-16-26-70-40-44(74-34-30-68-6)42-72-32-28-66-4)23-13-9-11-15-37-77-47-39-51(63)59(53(47)65)25-19-49(61)56-21-17-27-71-41-45(75-35-31-69-7)43-73-33-29-67-5/h44-47H,8-43H2,1-7H3,(H,55,60)(H,56,61). The molecule has 6 amide bonds. The summed E-state index contributed by atoms with van der Waals surface area (Å²) in [6.45, 7) is 15.8. The molecule has 2 aliphatic heterocycles. The minimum absolute atomic E-state index is 0.0515. The minimum Gasteiger partial charge on any atom is -0.382 e. The number of imide groups is 2. The summed E-state index contributed by atoms with van der Waals surface area (Å²) >= 11 is 3.10. The van der Waals surface area contributed by atoms with Gasteiger partial charge in [-0.05, 0) is 83.9 Å². The number of hydrogen-bond acceptors (Lipinski definition) is 19. The van der Waals surface area contributed by atoms with Gasteiger partial charge in [-0.3, -0.25) is 43.5 Å². The Bertz CT molecular complexity index is 1500. The molecule has 0 bridgehead atoms. The lowest BCUT2D eigenvalue weighted by atomic mass is 10.0. The highest BCUT2D eigenvalue weighted by molar-refractivity contribution is 8.00. The molecule has 77 heavy (non-hydrogen) atoms. The van der Waals surface area contributed by atoms with Gasteiger partial charge >= 0.3 is 0 Å². The number of thioether (sulfide) groups is 2. The number of rotatable bonds is 52. The number of unbranched alkanes of at least 4 members (excludes halogenated alkanes) is 6. The Morgan fingerprint density at radius 2 is 0.883 bits per heavy atom. The number of likely N-dealkylation sites (tertiary alicyclic amines) is 2. The number of hydrogen-bond donors (Lipinski definition) is 2. The zero-order valence-corrected chi connectivity index (χ0v) is 49.6. The summed E-state index contributed by atoms with van der Waals surface area (Å²) < 4.78 is 54.3. The molecule has 2 saturated heterocycles. The van der Waals surface area contributed by atoms with Crippen LogP contribution >= 0.6 is 23.5 Å². The van der Waals surface area contributed by atoms with Crippen molar-refractivity contribution in [2.45, 2.75) is 139 Å². The Morgan fingerprint density at radius 1 is 0.519 bits per heavy atom. The molecule has 448 valence electrons. The maximum absolute atomic E-state index is 13.1. The first-order chi connectivity index (χ1) is 37.2. The van der Waals surface area contributed by atoms with Crippen molar-refractivity contribution in [3.8, 4) is 0 Å². The maximum atomic E-state index is 13.1. The van der Waals surface area contributed by atoms with E-state index in [1.807, 2.05) is 0 Å². The third-order valence-corrected chi connectivity index (χ3v) is 15.3. The van der Waals surface area contributed by atoms with E-state index in [2.05, 4.69) is 36.3 Å². The van der Waals surface area contributed by atoms with Crippen LogP contribution in [0.5, 0.6) is 0 Å². The van der Waals surface area contributed by atoms with E-state index >= 15 is 0 Å². The van der Waals surface area contributed by atoms with Gasteiger partial charge in [0.1, 0.15) is 12.2 Å². The van der Waals surface area contributed by atoms with Crippen molar-refractivity contribution in [1.29, 1.82) is 0 Å². The van der Waals surface area contributed by atoms with Gasteiger partial charge in [0.15, 0.2) is 0 Å². The fourth-order valence-corrected chi connectivity index (χ4v) is 10.6. The second-order valence-corrected chi connectivity index (χ2v) is 22.7. The molecule has 0 aliphatic carbocycles. The molecular weight excluding hydrogens is 1040 g/mol. The Balaban J connectivity index is 1.52. The van der Waals surface area contributed by atoms with Crippen LogP contribution in [0.25, 0.3) is 0 Å². The van der Waals surface area contributed by atoms with E-state index in [1.54, 1.807) is 52.0 Å². The highest BCUT2D eigenvalue weighted by Gasteiger charge is 2.39. The van der Waals surface area contributed by atoms with Gasteiger partial charge in [0, 0.05) is 99.1 Å². The normalized spacial score (nSPS) is 16.9. The molecule has 0 aromatic heterocycles. The van der Waals surface area contributed by atoms with Crippen LogP contribution in [0.4, 0.5) is 0 Å². The van der Waals surface area contributed by atoms with Gasteiger partial charge in [0.2, 0.25) is 35.4 Å². The van der Waals surface area contributed by atoms with Crippen LogP contribution in [0.2, 0.25) is 0 Å². The highest BCUT2D eigenvalue weighted by Crippen LogP contribution is 2.28. The second-order valence-electron chi connectivity index (χ2n) is 20.0. The maximum Gasteiger partial charge on any atom is 0.242 e. The molecule has 0 spiro atoms. The highest BCUT2D eigenvalue weighted by atomic mass is 32.2. The minimum atomic E-state index is -0.387. The number of nitrogens with zero attached hydrogens (tertiary/aromatic N) is 3. The van der Waals surface area contributed by atoms with Crippen LogP contribution in [0.3, 0.4) is 0 Å². The van der Waals surface area contributed by atoms with E-state index in [-0.39, 0.29) is 102 Å². The van der Waals surface area contributed by atoms with Crippen LogP contribution < -0.4 is 10.6 Å². The van der Waals surface area contributed by atoms with Gasteiger partial charge in [0.25, 0.3) is 0 Å². The van der Waals surface area contributed by atoms with Crippen molar-refractivity contribution in [2.75, 3.05) is 172 Å². The summed E-state index contributed by atoms with van der Waals surface area (Å²) in [6.07, 6.45) is 9.64. The first-order valence-corrected chi connectivity index (χ1v) is 30.0. The monoisotopic (exact) mass is 1140 g/mol. The molecular formula is C54H99N5O16S2. The smallest absolute Gasteiger partial charge is 0.242 e. The fourth-order valence-electron chi connectivity index (χ4n) is 8.22. The average molecular weight is 1140 g/mol. The number of carbonyl (C=O) groups excluding carboxylic acids is 6. The summed E-state index contributed by atoms with van der Waals surface area (Å²) in [6, 6.07) is 0. The third kappa shape index (κ3) is 33.7. The van der Waals surface area contributed by atoms with Crippen molar-refractivity contribution in [1.82, 2.24) is 25.3 Å². The van der Waals surface area contributed by atoms with Gasteiger partial charge in [-0.2, -0.15) is 0 Å². The summed E-state index contributed by atoms with van der Waals surface area (Å²) in [4.78, 5) is 81.6. The lowest BCUT2D eigenvalue weighted by Gasteiger charge is -2.36. The molecule has 4 atom stereocenters. The number of nitrogens with one attached hydrogen (secondary N) is 2. The first kappa shape index (κ1) is 70.6. The average Bonchev–Trinajstić information content (AvgIpc) is 3.83. The Labute approximate surface area is 469 Å². The van der Waals surface area contributed by atoms with Crippen LogP contribution in [-0.4, -0.2) is 250 Å². The van der Waals surface area contributed by atoms with Crippen LogP contribution in [0.1, 0.15) is 111 Å². The summed E-state index contributed by atoms with van der Waals surface area (Å²) in [5.41, 5.74) is 0.0515. The van der Waals surface area contributed by atoms with E-state index in [4.69, 9.17) is 47.4 Å². The molecule has 23 heteroatoms. The Hall–Kier alpha value is -2.52. The zero-order valence-electron chi connectivity index (χ0n) is 48.0. The lowest BCUT2D eigenvalue weighted by molar-refractivity contribution is -0.140. The lowest BCUT2D eigenvalue weighted by Crippen LogP contribution is -2.42. The second kappa shape index (κ2) is 45.1. The first-order valence-electron chi connectivity index (χ1n) is 28.0. The molecule has 21 nitrogen and oxygen atoms in total. The van der Waals surface area contributed by atoms with Crippen molar-refractivity contribution in [2.24, 2.45) is 0 Å². The molecule has 0 radical (unpaired) electrons. The van der Waals surface area contributed by atoms with E-state index in [1.165, 1.54) is 9.80 Å². The molecule has 4 unspecified atom stereocenters. The molecule has 2 N–H and O–H groups in total. The number of methoxy groups -OCH3 is 4. The number of ether oxygens (including phenoxy) is 10. The number of amides is 6. The molecule has 2 aliphatic rings.